The number of rotatable bonds is 3. The highest BCUT2D eigenvalue weighted by atomic mass is 35.5. The first kappa shape index (κ1) is 14.0. The lowest BCUT2D eigenvalue weighted by Crippen LogP contribution is -1.90. The van der Waals surface area contributed by atoms with Crippen LogP contribution in [0.2, 0.25) is 5.02 Å². The largest absolute Gasteiger partial charge is 0.507 e. The maximum atomic E-state index is 13.6. The number of aliphatic imine (C=N–C) groups is 1. The lowest BCUT2D eigenvalue weighted by molar-refractivity contribution is -0.384. The van der Waals surface area contributed by atoms with Crippen molar-refractivity contribution in [2.45, 2.75) is 0 Å². The van der Waals surface area contributed by atoms with Gasteiger partial charge in [0.15, 0.2) is 5.82 Å². The van der Waals surface area contributed by atoms with Crippen LogP contribution < -0.4 is 0 Å². The van der Waals surface area contributed by atoms with E-state index in [-0.39, 0.29) is 27.7 Å². The Hall–Kier alpha value is -2.47. The van der Waals surface area contributed by atoms with Gasteiger partial charge in [-0.05, 0) is 18.2 Å². The van der Waals surface area contributed by atoms with Gasteiger partial charge in [0.1, 0.15) is 11.4 Å². The molecule has 5 nitrogen and oxygen atoms in total. The van der Waals surface area contributed by atoms with E-state index in [9.17, 15) is 19.6 Å². The molecule has 7 heteroatoms. The highest BCUT2D eigenvalue weighted by Crippen LogP contribution is 2.26. The number of hydrogen-bond acceptors (Lipinski definition) is 4. The van der Waals surface area contributed by atoms with Crippen LogP contribution >= 0.6 is 11.6 Å². The van der Waals surface area contributed by atoms with Crippen molar-refractivity contribution in [1.29, 1.82) is 0 Å². The van der Waals surface area contributed by atoms with E-state index in [0.29, 0.717) is 0 Å². The summed E-state index contributed by atoms with van der Waals surface area (Å²) in [6.45, 7) is 0. The molecular formula is C13H8ClFN2O3. The van der Waals surface area contributed by atoms with Gasteiger partial charge in [-0.2, -0.15) is 0 Å². The minimum atomic E-state index is -0.699. The standard InChI is InChI=1S/C13H8ClFN2O3/c14-10-2-1-3-11(13(10)15)16-7-8-6-9(17(19)20)4-5-12(8)18/h1-7,18H. The lowest BCUT2D eigenvalue weighted by atomic mass is 10.2. The molecule has 0 fully saturated rings. The van der Waals surface area contributed by atoms with Crippen LogP contribution in [-0.4, -0.2) is 16.2 Å². The minimum Gasteiger partial charge on any atom is -0.507 e. The van der Waals surface area contributed by atoms with Crippen molar-refractivity contribution in [2.75, 3.05) is 0 Å². The Morgan fingerprint density at radius 1 is 1.35 bits per heavy atom. The van der Waals surface area contributed by atoms with Crippen LogP contribution in [0.4, 0.5) is 15.8 Å². The Morgan fingerprint density at radius 3 is 2.80 bits per heavy atom. The predicted octanol–water partition coefficient (Wildman–Crippen LogP) is 3.84. The second-order valence-corrected chi connectivity index (χ2v) is 4.24. The van der Waals surface area contributed by atoms with E-state index in [0.717, 1.165) is 18.3 Å². The van der Waals surface area contributed by atoms with E-state index in [1.54, 1.807) is 0 Å². The summed E-state index contributed by atoms with van der Waals surface area (Å²) in [5.41, 5.74) is -0.113. The molecule has 0 spiro atoms. The number of non-ortho nitro benzene ring substituents is 1. The molecule has 20 heavy (non-hydrogen) atoms. The molecule has 0 aliphatic rings. The fourth-order valence-electron chi connectivity index (χ4n) is 1.49. The van der Waals surface area contributed by atoms with Crippen LogP contribution in [0.5, 0.6) is 5.75 Å². The Bertz CT molecular complexity index is 704. The molecule has 2 rings (SSSR count). The molecule has 0 aromatic heterocycles. The van der Waals surface area contributed by atoms with Crippen LogP contribution in [0.15, 0.2) is 41.4 Å². The van der Waals surface area contributed by atoms with Crippen LogP contribution in [0, 0.1) is 15.9 Å². The highest BCUT2D eigenvalue weighted by molar-refractivity contribution is 6.31. The molecule has 0 saturated carbocycles. The summed E-state index contributed by atoms with van der Waals surface area (Å²) in [4.78, 5) is 13.9. The number of nitrogens with zero attached hydrogens (tertiary/aromatic N) is 2. The fourth-order valence-corrected chi connectivity index (χ4v) is 1.66. The van der Waals surface area contributed by atoms with E-state index in [1.165, 1.54) is 24.3 Å². The molecule has 0 unspecified atom stereocenters. The summed E-state index contributed by atoms with van der Waals surface area (Å²) in [6.07, 6.45) is 1.14. The Kier molecular flexibility index (Phi) is 3.95. The van der Waals surface area contributed by atoms with E-state index >= 15 is 0 Å². The molecule has 0 aliphatic heterocycles. The van der Waals surface area contributed by atoms with Gasteiger partial charge in [0.25, 0.3) is 5.69 Å². The topological polar surface area (TPSA) is 75.7 Å². The number of phenols is 1. The summed E-state index contributed by atoms with van der Waals surface area (Å²) in [5.74, 6) is -0.892. The SMILES string of the molecule is O=[N+]([O-])c1ccc(O)c(C=Nc2cccc(Cl)c2F)c1. The molecule has 0 amide bonds. The normalized spacial score (nSPS) is 10.9. The number of nitro groups is 1. The van der Waals surface area contributed by atoms with Crippen LogP contribution in [0.1, 0.15) is 5.56 Å². The van der Waals surface area contributed by atoms with E-state index in [4.69, 9.17) is 11.6 Å². The van der Waals surface area contributed by atoms with Crippen LogP contribution in [-0.2, 0) is 0 Å². The quantitative estimate of drug-likeness (QED) is 0.531. The van der Waals surface area contributed by atoms with Crippen LogP contribution in [0.25, 0.3) is 0 Å². The monoisotopic (exact) mass is 294 g/mol. The third-order valence-electron chi connectivity index (χ3n) is 2.50. The smallest absolute Gasteiger partial charge is 0.270 e. The van der Waals surface area contributed by atoms with Gasteiger partial charge in [0, 0.05) is 23.9 Å². The maximum absolute atomic E-state index is 13.6. The zero-order valence-corrected chi connectivity index (χ0v) is 10.7. The van der Waals surface area contributed by atoms with Crippen molar-refractivity contribution >= 4 is 29.2 Å². The average molecular weight is 295 g/mol. The molecule has 0 heterocycles. The Balaban J connectivity index is 2.38. The summed E-state index contributed by atoms with van der Waals surface area (Å²) in [6, 6.07) is 7.76. The molecule has 2 aromatic rings. The van der Waals surface area contributed by atoms with Gasteiger partial charge in [-0.3, -0.25) is 15.1 Å². The van der Waals surface area contributed by atoms with Gasteiger partial charge in [-0.25, -0.2) is 4.39 Å². The van der Waals surface area contributed by atoms with Gasteiger partial charge < -0.3 is 5.11 Å². The Labute approximate surface area is 118 Å². The summed E-state index contributed by atoms with van der Waals surface area (Å²) in [5, 5.41) is 20.1. The summed E-state index contributed by atoms with van der Waals surface area (Å²) in [7, 11) is 0. The van der Waals surface area contributed by atoms with Gasteiger partial charge in [0.05, 0.1) is 9.95 Å². The predicted molar refractivity (Wildman–Crippen MR) is 73.4 cm³/mol. The van der Waals surface area contributed by atoms with Crippen molar-refractivity contribution in [3.63, 3.8) is 0 Å². The molecule has 102 valence electrons. The van der Waals surface area contributed by atoms with Crippen LogP contribution in [0.3, 0.4) is 0 Å². The zero-order chi connectivity index (χ0) is 14.7. The molecular weight excluding hydrogens is 287 g/mol. The van der Waals surface area contributed by atoms with Gasteiger partial charge in [-0.1, -0.05) is 17.7 Å². The highest BCUT2D eigenvalue weighted by Gasteiger charge is 2.09. The van der Waals surface area contributed by atoms with Crippen molar-refractivity contribution < 1.29 is 14.4 Å². The second kappa shape index (κ2) is 5.66. The summed E-state index contributed by atoms with van der Waals surface area (Å²) >= 11 is 5.61. The molecule has 0 saturated heterocycles. The number of nitro benzene ring substituents is 1. The number of hydrogen-bond donors (Lipinski definition) is 1. The molecule has 2 aromatic carbocycles. The van der Waals surface area contributed by atoms with Crippen molar-refractivity contribution in [3.05, 3.63) is 62.9 Å². The lowest BCUT2D eigenvalue weighted by Gasteiger charge is -2.00. The molecule has 0 bridgehead atoms. The van der Waals surface area contributed by atoms with Crippen molar-refractivity contribution in [2.24, 2.45) is 4.99 Å². The molecule has 0 aliphatic carbocycles. The average Bonchev–Trinajstić information content (AvgIpc) is 2.41. The third-order valence-corrected chi connectivity index (χ3v) is 2.79. The van der Waals surface area contributed by atoms with E-state index in [2.05, 4.69) is 4.99 Å². The Morgan fingerprint density at radius 2 is 2.10 bits per heavy atom. The van der Waals surface area contributed by atoms with Gasteiger partial charge in [0.2, 0.25) is 0 Å². The first-order chi connectivity index (χ1) is 9.49. The molecule has 0 radical (unpaired) electrons. The molecule has 0 atom stereocenters. The van der Waals surface area contributed by atoms with Gasteiger partial charge >= 0.3 is 0 Å². The fraction of sp³-hybridized carbons (Fsp3) is 0. The maximum Gasteiger partial charge on any atom is 0.270 e. The number of aromatic hydroxyl groups is 1. The first-order valence-corrected chi connectivity index (χ1v) is 5.82. The zero-order valence-electron chi connectivity index (χ0n) is 9.96. The minimum absolute atomic E-state index is 0.0246. The number of benzene rings is 2. The van der Waals surface area contributed by atoms with Gasteiger partial charge in [-0.15, -0.1) is 0 Å². The van der Waals surface area contributed by atoms with E-state index in [1.807, 2.05) is 0 Å². The molecule has 1 N–H and O–H groups in total. The summed E-state index contributed by atoms with van der Waals surface area (Å²) < 4.78 is 13.6. The third kappa shape index (κ3) is 2.92. The van der Waals surface area contributed by atoms with Crippen molar-refractivity contribution in [3.8, 4) is 5.75 Å². The number of phenolic OH excluding ortho intramolecular Hbond substituents is 1. The first-order valence-electron chi connectivity index (χ1n) is 5.44. The second-order valence-electron chi connectivity index (χ2n) is 3.83. The van der Waals surface area contributed by atoms with E-state index < -0.39 is 10.7 Å². The van der Waals surface area contributed by atoms with Crippen molar-refractivity contribution in [1.82, 2.24) is 0 Å². The number of halogens is 2.